The van der Waals surface area contributed by atoms with Gasteiger partial charge in [0, 0.05) is 30.4 Å². The molecule has 1 saturated carbocycles. The van der Waals surface area contributed by atoms with E-state index in [2.05, 4.69) is 57.5 Å². The van der Waals surface area contributed by atoms with Crippen LogP contribution in [0.25, 0.3) is 0 Å². The molecule has 1 fully saturated rings. The van der Waals surface area contributed by atoms with Crippen LogP contribution in [0.15, 0.2) is 39.8 Å². The minimum absolute atomic E-state index is 0.0277. The molecule has 0 saturated heterocycles. The zero-order valence-corrected chi connectivity index (χ0v) is 18.3. The van der Waals surface area contributed by atoms with Gasteiger partial charge in [0.2, 0.25) is 0 Å². The van der Waals surface area contributed by atoms with E-state index in [1.54, 1.807) is 0 Å². The van der Waals surface area contributed by atoms with Crippen molar-refractivity contribution >= 4 is 11.6 Å². The fraction of sp³-hybridized carbons (Fsp3) is 0.500. The maximum atomic E-state index is 12.8. The number of rotatable bonds is 4. The molecule has 2 aliphatic heterocycles. The van der Waals surface area contributed by atoms with Crippen LogP contribution in [0, 0.1) is 20.8 Å². The second-order valence-electron chi connectivity index (χ2n) is 8.74. The number of carbonyl (C=O) groups is 1. The molecule has 5 heteroatoms. The van der Waals surface area contributed by atoms with E-state index >= 15 is 0 Å². The van der Waals surface area contributed by atoms with Crippen molar-refractivity contribution in [2.75, 3.05) is 6.54 Å². The van der Waals surface area contributed by atoms with E-state index in [0.717, 1.165) is 42.1 Å². The van der Waals surface area contributed by atoms with Gasteiger partial charge in [-0.05, 0) is 69.7 Å². The minimum atomic E-state index is 0.0277. The van der Waals surface area contributed by atoms with Gasteiger partial charge in [0.15, 0.2) is 5.82 Å². The van der Waals surface area contributed by atoms with Gasteiger partial charge in [-0.25, -0.2) is 10.4 Å². The Labute approximate surface area is 173 Å². The molecule has 0 unspecified atom stereocenters. The first-order valence-corrected chi connectivity index (χ1v) is 10.7. The first-order chi connectivity index (χ1) is 13.8. The number of aryl methyl sites for hydroxylation is 3. The predicted octanol–water partition coefficient (Wildman–Crippen LogP) is 3.99. The lowest BCUT2D eigenvalue weighted by Gasteiger charge is -2.29. The fourth-order valence-corrected chi connectivity index (χ4v) is 4.91. The Morgan fingerprint density at radius 2 is 1.79 bits per heavy atom. The number of carbonyl (C=O) groups excluding carboxylic acids is 1. The molecule has 0 radical (unpaired) electrons. The van der Waals surface area contributed by atoms with Gasteiger partial charge >= 0.3 is 0 Å². The third kappa shape index (κ3) is 3.76. The van der Waals surface area contributed by atoms with E-state index in [0.29, 0.717) is 12.6 Å². The van der Waals surface area contributed by atoms with Gasteiger partial charge < -0.3 is 5.32 Å². The molecule has 4 rings (SSSR count). The number of hydrogen-bond acceptors (Lipinski definition) is 4. The average molecular weight is 393 g/mol. The largest absolute Gasteiger partial charge is 0.349 e. The summed E-state index contributed by atoms with van der Waals surface area (Å²) >= 11 is 0. The number of hydrogen-bond donors (Lipinski definition) is 2. The molecule has 0 atom stereocenters. The molecule has 29 heavy (non-hydrogen) atoms. The minimum Gasteiger partial charge on any atom is -0.349 e. The molecule has 1 aromatic carbocycles. The van der Waals surface area contributed by atoms with E-state index in [9.17, 15) is 4.79 Å². The number of nitrogens with zero attached hydrogens (tertiary/aromatic N) is 2. The number of allylic oxidation sites excluding steroid dienone is 2. The zero-order chi connectivity index (χ0) is 20.7. The molecule has 1 aromatic rings. The maximum Gasteiger partial charge on any atom is 0.252 e. The average Bonchev–Trinajstić information content (AvgIpc) is 3.30. The Morgan fingerprint density at radius 3 is 2.45 bits per heavy atom. The monoisotopic (exact) mass is 392 g/mol. The van der Waals surface area contributed by atoms with Crippen LogP contribution in [-0.2, 0) is 11.2 Å². The summed E-state index contributed by atoms with van der Waals surface area (Å²) in [6, 6.07) is 4.81. The maximum absolute atomic E-state index is 12.8. The van der Waals surface area contributed by atoms with E-state index in [4.69, 9.17) is 4.99 Å². The molecular formula is C24H32N4O. The summed E-state index contributed by atoms with van der Waals surface area (Å²) in [5, 5.41) is 5.21. The van der Waals surface area contributed by atoms with Gasteiger partial charge in [-0.2, -0.15) is 0 Å². The second-order valence-corrected chi connectivity index (χ2v) is 8.74. The number of fused-ring (bicyclic) bond motifs is 1. The third-order valence-corrected chi connectivity index (χ3v) is 6.54. The van der Waals surface area contributed by atoms with Crippen LogP contribution in [-0.4, -0.2) is 29.2 Å². The van der Waals surface area contributed by atoms with Crippen molar-refractivity contribution in [3.05, 3.63) is 57.1 Å². The highest BCUT2D eigenvalue weighted by molar-refractivity contribution is 6.02. The van der Waals surface area contributed by atoms with Crippen LogP contribution in [0.5, 0.6) is 0 Å². The summed E-state index contributed by atoms with van der Waals surface area (Å²) in [7, 11) is 0. The van der Waals surface area contributed by atoms with Crippen LogP contribution in [0.2, 0.25) is 0 Å². The third-order valence-electron chi connectivity index (χ3n) is 6.54. The molecular weight excluding hydrogens is 360 g/mol. The molecule has 2 N–H and O–H groups in total. The van der Waals surface area contributed by atoms with Crippen molar-refractivity contribution in [2.24, 2.45) is 4.99 Å². The Bertz CT molecular complexity index is 925. The Kier molecular flexibility index (Phi) is 5.34. The normalized spacial score (nSPS) is 19.8. The molecule has 5 nitrogen and oxygen atoms in total. The SMILES string of the molecule is CC1=NC2=C(C(=O)NC3CCCC3)CNN2C(C)=C1Cc1c(C)cc(C)cc1C. The predicted molar refractivity (Wildman–Crippen MR) is 117 cm³/mol. The zero-order valence-electron chi connectivity index (χ0n) is 18.3. The lowest BCUT2D eigenvalue weighted by atomic mass is 9.91. The standard InChI is InChI=1S/C24H32N4O/c1-14-10-15(2)20(16(3)11-14)12-21-17(4)26-23-22(13-25-28(23)18(21)5)24(29)27-19-8-6-7-9-19/h10-11,19,25H,6-9,12-13H2,1-5H3,(H,27,29). The van der Waals surface area contributed by atoms with Crippen LogP contribution >= 0.6 is 0 Å². The number of hydrazine groups is 1. The van der Waals surface area contributed by atoms with Crippen molar-refractivity contribution in [1.29, 1.82) is 0 Å². The molecule has 154 valence electrons. The molecule has 0 bridgehead atoms. The van der Waals surface area contributed by atoms with Crippen LogP contribution in [0.4, 0.5) is 0 Å². The van der Waals surface area contributed by atoms with Crippen molar-refractivity contribution in [1.82, 2.24) is 15.8 Å². The van der Waals surface area contributed by atoms with Crippen molar-refractivity contribution < 1.29 is 4.79 Å². The summed E-state index contributed by atoms with van der Waals surface area (Å²) in [6.45, 7) is 11.2. The smallest absolute Gasteiger partial charge is 0.252 e. The quantitative estimate of drug-likeness (QED) is 0.814. The van der Waals surface area contributed by atoms with E-state index < -0.39 is 0 Å². The molecule has 3 aliphatic rings. The summed E-state index contributed by atoms with van der Waals surface area (Å²) in [6.07, 6.45) is 5.45. The van der Waals surface area contributed by atoms with Crippen molar-refractivity contribution in [3.63, 3.8) is 0 Å². The van der Waals surface area contributed by atoms with E-state index in [1.165, 1.54) is 40.7 Å². The number of benzene rings is 1. The fourth-order valence-electron chi connectivity index (χ4n) is 4.91. The lowest BCUT2D eigenvalue weighted by molar-refractivity contribution is -0.118. The number of amides is 1. The van der Waals surface area contributed by atoms with Crippen molar-refractivity contribution in [2.45, 2.75) is 72.8 Å². The van der Waals surface area contributed by atoms with Crippen LogP contribution < -0.4 is 10.7 Å². The first kappa shape index (κ1) is 19.9. The molecule has 0 spiro atoms. The van der Waals surface area contributed by atoms with Gasteiger partial charge in [-0.3, -0.25) is 9.80 Å². The first-order valence-electron chi connectivity index (χ1n) is 10.7. The van der Waals surface area contributed by atoms with E-state index in [1.807, 2.05) is 5.01 Å². The Morgan fingerprint density at radius 1 is 1.14 bits per heavy atom. The molecule has 2 heterocycles. The summed E-state index contributed by atoms with van der Waals surface area (Å²) in [5.41, 5.74) is 12.8. The molecule has 1 amide bonds. The molecule has 0 aromatic heterocycles. The van der Waals surface area contributed by atoms with E-state index in [-0.39, 0.29) is 5.91 Å². The van der Waals surface area contributed by atoms with Gasteiger partial charge in [0.1, 0.15) is 0 Å². The van der Waals surface area contributed by atoms with Crippen LogP contribution in [0.1, 0.15) is 61.8 Å². The highest BCUT2D eigenvalue weighted by Crippen LogP contribution is 2.32. The van der Waals surface area contributed by atoms with Gasteiger partial charge in [0.05, 0.1) is 5.57 Å². The van der Waals surface area contributed by atoms with Crippen LogP contribution in [0.3, 0.4) is 0 Å². The summed E-state index contributed by atoms with van der Waals surface area (Å²) < 4.78 is 0. The number of aliphatic imine (C=N–C) groups is 1. The highest BCUT2D eigenvalue weighted by atomic mass is 16.2. The second kappa shape index (κ2) is 7.79. The van der Waals surface area contributed by atoms with Gasteiger partial charge in [-0.1, -0.05) is 30.5 Å². The Hall–Kier alpha value is -2.40. The Balaban J connectivity index is 1.61. The van der Waals surface area contributed by atoms with Gasteiger partial charge in [0.25, 0.3) is 5.91 Å². The summed E-state index contributed by atoms with van der Waals surface area (Å²) in [4.78, 5) is 17.7. The molecule has 1 aliphatic carbocycles. The topological polar surface area (TPSA) is 56.7 Å². The summed E-state index contributed by atoms with van der Waals surface area (Å²) in [5.74, 6) is 0.788. The van der Waals surface area contributed by atoms with Crippen molar-refractivity contribution in [3.8, 4) is 0 Å². The number of nitrogens with one attached hydrogen (secondary N) is 2. The lowest BCUT2D eigenvalue weighted by Crippen LogP contribution is -2.35. The van der Waals surface area contributed by atoms with Gasteiger partial charge in [-0.15, -0.1) is 0 Å². The highest BCUT2D eigenvalue weighted by Gasteiger charge is 2.33.